The lowest BCUT2D eigenvalue weighted by Gasteiger charge is -2.18. The monoisotopic (exact) mass is 252 g/mol. The first-order valence-electron chi connectivity index (χ1n) is 5.26. The Morgan fingerprint density at radius 1 is 1.31 bits per heavy atom. The van der Waals surface area contributed by atoms with Crippen LogP contribution in [0.5, 0.6) is 0 Å². The highest BCUT2D eigenvalue weighted by Crippen LogP contribution is 2.18. The number of esters is 1. The number of hydrogen-bond donors (Lipinski definition) is 1. The van der Waals surface area contributed by atoms with Crippen molar-refractivity contribution in [2.45, 2.75) is 40.5 Å². The third-order valence-corrected chi connectivity index (χ3v) is 2.29. The van der Waals surface area contributed by atoms with Crippen LogP contribution in [0.25, 0.3) is 0 Å². The molecular formula is C11H21ClO4. The fourth-order valence-electron chi connectivity index (χ4n) is 0.595. The van der Waals surface area contributed by atoms with Gasteiger partial charge in [-0.25, -0.2) is 0 Å². The van der Waals surface area contributed by atoms with E-state index in [2.05, 4.69) is 0 Å². The van der Waals surface area contributed by atoms with Crippen LogP contribution in [0.1, 0.15) is 40.5 Å². The number of carbonyl (C=O) groups is 2. The minimum atomic E-state index is -0.711. The van der Waals surface area contributed by atoms with E-state index in [0.717, 1.165) is 6.42 Å². The molecule has 96 valence electrons. The first-order valence-corrected chi connectivity index (χ1v) is 5.80. The van der Waals surface area contributed by atoms with Gasteiger partial charge in [0, 0.05) is 12.3 Å². The lowest BCUT2D eigenvalue weighted by Crippen LogP contribution is -2.28. The van der Waals surface area contributed by atoms with Crippen LogP contribution in [0.2, 0.25) is 0 Å². The molecule has 1 N–H and O–H groups in total. The van der Waals surface area contributed by atoms with Gasteiger partial charge in [-0.1, -0.05) is 6.92 Å². The van der Waals surface area contributed by atoms with Crippen LogP contribution < -0.4 is 0 Å². The molecule has 0 aromatic heterocycles. The largest absolute Gasteiger partial charge is 0.481 e. The fraction of sp³-hybridized carbons (Fsp3) is 0.818. The van der Waals surface area contributed by atoms with Gasteiger partial charge in [0.2, 0.25) is 0 Å². The number of halogens is 1. The van der Waals surface area contributed by atoms with Gasteiger partial charge in [0.25, 0.3) is 0 Å². The number of rotatable bonds is 5. The molecule has 0 spiro atoms. The summed E-state index contributed by atoms with van der Waals surface area (Å²) in [5.41, 5.74) is -0.544. The van der Waals surface area contributed by atoms with Crippen LogP contribution in [0, 0.1) is 5.41 Å². The number of alkyl halides is 1. The zero-order valence-corrected chi connectivity index (χ0v) is 11.1. The molecule has 0 rings (SSSR count). The Morgan fingerprint density at radius 2 is 1.81 bits per heavy atom. The van der Waals surface area contributed by atoms with Crippen molar-refractivity contribution < 1.29 is 19.4 Å². The second-order valence-electron chi connectivity index (χ2n) is 3.88. The maximum Gasteiger partial charge on any atom is 0.312 e. The van der Waals surface area contributed by atoms with Crippen LogP contribution in [0.15, 0.2) is 0 Å². The van der Waals surface area contributed by atoms with E-state index >= 15 is 0 Å². The van der Waals surface area contributed by atoms with Gasteiger partial charge in [0.15, 0.2) is 0 Å². The van der Waals surface area contributed by atoms with Gasteiger partial charge in [-0.3, -0.25) is 9.59 Å². The van der Waals surface area contributed by atoms with Crippen LogP contribution in [-0.4, -0.2) is 29.5 Å². The van der Waals surface area contributed by atoms with E-state index < -0.39 is 11.4 Å². The standard InChI is InChI=1S/C7H13ClO2.C4H8O2/c1-4-10-6(9)7(2,3)5-8;1-2-3-4(5)6/h4-5H2,1-3H3;2-3H2,1H3,(H,5,6). The minimum Gasteiger partial charge on any atom is -0.481 e. The quantitative estimate of drug-likeness (QED) is 0.604. The van der Waals surface area contributed by atoms with Crippen molar-refractivity contribution >= 4 is 23.5 Å². The molecule has 0 aliphatic heterocycles. The number of ether oxygens (including phenoxy) is 1. The molecule has 0 aromatic rings. The van der Waals surface area contributed by atoms with Crippen molar-refractivity contribution in [1.82, 2.24) is 0 Å². The third kappa shape index (κ3) is 9.77. The van der Waals surface area contributed by atoms with E-state index in [1.807, 2.05) is 6.92 Å². The fourth-order valence-corrected chi connectivity index (χ4v) is 0.704. The Hall–Kier alpha value is -0.770. The normalized spacial score (nSPS) is 10.1. The molecule has 4 nitrogen and oxygen atoms in total. The molecule has 0 aliphatic rings. The molecule has 0 aliphatic carbocycles. The Bertz CT molecular complexity index is 214. The Balaban J connectivity index is 0. The van der Waals surface area contributed by atoms with E-state index in [-0.39, 0.29) is 5.97 Å². The molecule has 0 fully saturated rings. The molecule has 0 bridgehead atoms. The van der Waals surface area contributed by atoms with E-state index in [1.54, 1.807) is 20.8 Å². The second kappa shape index (κ2) is 9.46. The predicted octanol–water partition coefficient (Wildman–Crippen LogP) is 2.69. The van der Waals surface area contributed by atoms with Gasteiger partial charge in [-0.2, -0.15) is 0 Å². The highest BCUT2D eigenvalue weighted by molar-refractivity contribution is 6.19. The predicted molar refractivity (Wildman–Crippen MR) is 63.7 cm³/mol. The second-order valence-corrected chi connectivity index (χ2v) is 4.15. The molecule has 0 amide bonds. The van der Waals surface area contributed by atoms with Crippen molar-refractivity contribution in [2.75, 3.05) is 12.5 Å². The van der Waals surface area contributed by atoms with Gasteiger partial charge in [0.1, 0.15) is 0 Å². The third-order valence-electron chi connectivity index (χ3n) is 1.63. The number of carbonyl (C=O) groups excluding carboxylic acids is 1. The van der Waals surface area contributed by atoms with Crippen molar-refractivity contribution in [3.8, 4) is 0 Å². The minimum absolute atomic E-state index is 0.231. The molecule has 0 atom stereocenters. The van der Waals surface area contributed by atoms with Gasteiger partial charge >= 0.3 is 11.9 Å². The highest BCUT2D eigenvalue weighted by Gasteiger charge is 2.27. The number of aliphatic carboxylic acids is 1. The van der Waals surface area contributed by atoms with Crippen molar-refractivity contribution in [3.05, 3.63) is 0 Å². The summed E-state index contributed by atoms with van der Waals surface area (Å²) in [6, 6.07) is 0. The zero-order chi connectivity index (χ0) is 13.2. The first-order chi connectivity index (χ1) is 7.31. The van der Waals surface area contributed by atoms with Crippen LogP contribution in [0.4, 0.5) is 0 Å². The summed E-state index contributed by atoms with van der Waals surface area (Å²) in [6.45, 7) is 7.56. The lowest BCUT2D eigenvalue weighted by molar-refractivity contribution is -0.152. The topological polar surface area (TPSA) is 63.6 Å². The van der Waals surface area contributed by atoms with Gasteiger partial charge in [0.05, 0.1) is 12.0 Å². The van der Waals surface area contributed by atoms with E-state index in [1.165, 1.54) is 0 Å². The Labute approximate surface area is 102 Å². The molecule has 0 unspecified atom stereocenters. The van der Waals surface area contributed by atoms with E-state index in [4.69, 9.17) is 21.4 Å². The maximum atomic E-state index is 11.0. The number of hydrogen-bond acceptors (Lipinski definition) is 3. The summed E-state index contributed by atoms with van der Waals surface area (Å²) >= 11 is 5.52. The Morgan fingerprint density at radius 3 is 2.00 bits per heavy atom. The van der Waals surface area contributed by atoms with Crippen LogP contribution in [-0.2, 0) is 14.3 Å². The van der Waals surface area contributed by atoms with Crippen molar-refractivity contribution in [3.63, 3.8) is 0 Å². The molecule has 0 aromatic carbocycles. The summed E-state index contributed by atoms with van der Waals surface area (Å²) < 4.78 is 4.77. The van der Waals surface area contributed by atoms with Gasteiger partial charge in [-0.15, -0.1) is 11.6 Å². The number of carboxylic acids is 1. The van der Waals surface area contributed by atoms with Gasteiger partial charge in [-0.05, 0) is 27.2 Å². The smallest absolute Gasteiger partial charge is 0.312 e. The first kappa shape index (κ1) is 17.6. The summed E-state index contributed by atoms with van der Waals surface area (Å²) in [5, 5.41) is 7.91. The average molecular weight is 253 g/mol. The van der Waals surface area contributed by atoms with E-state index in [9.17, 15) is 9.59 Å². The summed E-state index contributed by atoms with van der Waals surface area (Å²) in [7, 11) is 0. The molecule has 5 heteroatoms. The SMILES string of the molecule is CCCC(=O)O.CCOC(=O)C(C)(C)CCl. The maximum absolute atomic E-state index is 11.0. The molecule has 0 saturated heterocycles. The van der Waals surface area contributed by atoms with Crippen molar-refractivity contribution in [2.24, 2.45) is 5.41 Å². The van der Waals surface area contributed by atoms with Crippen LogP contribution in [0.3, 0.4) is 0 Å². The van der Waals surface area contributed by atoms with Gasteiger partial charge < -0.3 is 9.84 Å². The molecule has 0 saturated carbocycles. The molecule has 0 radical (unpaired) electrons. The summed E-state index contributed by atoms with van der Waals surface area (Å²) in [6.07, 6.45) is 1.02. The van der Waals surface area contributed by atoms with Crippen molar-refractivity contribution in [1.29, 1.82) is 0 Å². The molecule has 0 heterocycles. The average Bonchev–Trinajstić information content (AvgIpc) is 2.19. The highest BCUT2D eigenvalue weighted by atomic mass is 35.5. The summed E-state index contributed by atoms with van der Waals surface area (Å²) in [4.78, 5) is 20.6. The molecule has 16 heavy (non-hydrogen) atoms. The Kier molecular flexibility index (Phi) is 10.4. The van der Waals surface area contributed by atoms with Crippen LogP contribution >= 0.6 is 11.6 Å². The van der Waals surface area contributed by atoms with E-state index in [0.29, 0.717) is 18.9 Å². The zero-order valence-electron chi connectivity index (χ0n) is 10.4. The summed E-state index contributed by atoms with van der Waals surface area (Å²) in [5.74, 6) is -0.645. The number of carboxylic acid groups (broad SMARTS) is 1. The molecular weight excluding hydrogens is 232 g/mol. The lowest BCUT2D eigenvalue weighted by atomic mass is 9.97.